The van der Waals surface area contributed by atoms with Crippen LogP contribution in [0.3, 0.4) is 0 Å². The molecule has 8 heteroatoms. The third-order valence-corrected chi connectivity index (χ3v) is 3.11. The largest absolute Gasteiger partial charge is 0.334 e. The highest BCUT2D eigenvalue weighted by Gasteiger charge is 2.10. The highest BCUT2D eigenvalue weighted by molar-refractivity contribution is 7.10. The molecular weight excluding hydrogens is 264 g/mol. The summed E-state index contributed by atoms with van der Waals surface area (Å²) in [6.07, 6.45) is 1.51. The number of carbonyl (C=O) groups excluding carboxylic acids is 1. The summed E-state index contributed by atoms with van der Waals surface area (Å²) in [5.74, 6) is 0. The maximum absolute atomic E-state index is 11.7. The van der Waals surface area contributed by atoms with Crippen molar-refractivity contribution in [1.29, 1.82) is 0 Å². The number of nitrogens with one attached hydrogen (secondary N) is 2. The number of urea groups is 1. The molecule has 0 bridgehead atoms. The number of aryl methyl sites for hydroxylation is 2. The summed E-state index contributed by atoms with van der Waals surface area (Å²) in [4.78, 5) is 11.7. The van der Waals surface area contributed by atoms with Gasteiger partial charge in [-0.15, -0.1) is 5.10 Å². The standard InChI is InChI=1S/C11H16N6OS/c1-7-4-9(3)17(15-7)6-8(2)13-11(18)14-10-5-12-16-19-10/h4-5,8H,6H2,1-3H3,(H2,13,14,18)/t8-/m1/s1. The summed E-state index contributed by atoms with van der Waals surface area (Å²) in [5, 5.41) is 14.1. The van der Waals surface area contributed by atoms with Crippen molar-refractivity contribution in [3.63, 3.8) is 0 Å². The molecule has 2 rings (SSSR count). The van der Waals surface area contributed by atoms with E-state index in [0.29, 0.717) is 11.5 Å². The number of carbonyl (C=O) groups is 1. The van der Waals surface area contributed by atoms with Crippen LogP contribution in [0.4, 0.5) is 9.80 Å². The zero-order chi connectivity index (χ0) is 13.8. The van der Waals surface area contributed by atoms with E-state index in [9.17, 15) is 4.79 Å². The van der Waals surface area contributed by atoms with E-state index in [1.54, 1.807) is 0 Å². The molecule has 0 aromatic carbocycles. The molecule has 2 amide bonds. The number of rotatable bonds is 4. The van der Waals surface area contributed by atoms with Gasteiger partial charge in [0.15, 0.2) is 0 Å². The van der Waals surface area contributed by atoms with Gasteiger partial charge < -0.3 is 5.32 Å². The number of anilines is 1. The molecule has 0 radical (unpaired) electrons. The topological polar surface area (TPSA) is 84.7 Å². The van der Waals surface area contributed by atoms with Crippen molar-refractivity contribution in [2.24, 2.45) is 0 Å². The van der Waals surface area contributed by atoms with Gasteiger partial charge in [-0.1, -0.05) is 4.49 Å². The summed E-state index contributed by atoms with van der Waals surface area (Å²) in [6, 6.07) is 1.72. The molecule has 0 aliphatic heterocycles. The number of aromatic nitrogens is 4. The quantitative estimate of drug-likeness (QED) is 0.890. The van der Waals surface area contributed by atoms with Crippen molar-refractivity contribution in [3.05, 3.63) is 23.7 Å². The second kappa shape index (κ2) is 5.79. The molecule has 0 unspecified atom stereocenters. The fourth-order valence-corrected chi connectivity index (χ4v) is 2.17. The first-order chi connectivity index (χ1) is 9.04. The Balaban J connectivity index is 1.85. The van der Waals surface area contributed by atoms with Crippen LogP contribution in [-0.2, 0) is 6.54 Å². The predicted octanol–water partition coefficient (Wildman–Crippen LogP) is 1.56. The summed E-state index contributed by atoms with van der Waals surface area (Å²) < 4.78 is 5.56. The highest BCUT2D eigenvalue weighted by atomic mass is 32.1. The Labute approximate surface area is 115 Å². The van der Waals surface area contributed by atoms with Gasteiger partial charge in [-0.05, 0) is 26.8 Å². The van der Waals surface area contributed by atoms with Gasteiger partial charge in [0.05, 0.1) is 18.4 Å². The molecule has 2 aromatic rings. The van der Waals surface area contributed by atoms with Crippen molar-refractivity contribution >= 4 is 22.6 Å². The SMILES string of the molecule is Cc1cc(C)n(C[C@@H](C)NC(=O)Nc2cnns2)n1. The minimum atomic E-state index is -0.264. The zero-order valence-corrected chi connectivity index (χ0v) is 11.9. The van der Waals surface area contributed by atoms with Gasteiger partial charge >= 0.3 is 6.03 Å². The molecule has 19 heavy (non-hydrogen) atoms. The molecule has 0 aliphatic rings. The van der Waals surface area contributed by atoms with Crippen molar-refractivity contribution in [3.8, 4) is 0 Å². The molecule has 0 aliphatic carbocycles. The summed E-state index contributed by atoms with van der Waals surface area (Å²) >= 11 is 1.14. The van der Waals surface area contributed by atoms with Crippen LogP contribution in [0.15, 0.2) is 12.3 Å². The Bertz CT molecular complexity index is 550. The molecule has 0 saturated heterocycles. The van der Waals surface area contributed by atoms with Gasteiger partial charge in [0.1, 0.15) is 5.00 Å². The van der Waals surface area contributed by atoms with Crippen molar-refractivity contribution in [1.82, 2.24) is 24.7 Å². The average molecular weight is 280 g/mol. The van der Waals surface area contributed by atoms with Crippen molar-refractivity contribution in [2.75, 3.05) is 5.32 Å². The molecule has 2 aromatic heterocycles. The molecule has 0 saturated carbocycles. The Morgan fingerprint density at radius 2 is 2.32 bits per heavy atom. The molecule has 7 nitrogen and oxygen atoms in total. The molecule has 0 fully saturated rings. The lowest BCUT2D eigenvalue weighted by molar-refractivity contribution is 0.247. The second-order valence-electron chi connectivity index (χ2n) is 4.39. The van der Waals surface area contributed by atoms with Crippen LogP contribution in [0.25, 0.3) is 0 Å². The summed E-state index contributed by atoms with van der Waals surface area (Å²) in [6.45, 7) is 6.51. The minimum absolute atomic E-state index is 0.0288. The van der Waals surface area contributed by atoms with Gasteiger partial charge in [-0.25, -0.2) is 4.79 Å². The van der Waals surface area contributed by atoms with Crippen LogP contribution >= 0.6 is 11.5 Å². The fraction of sp³-hybridized carbons (Fsp3) is 0.455. The fourth-order valence-electron chi connectivity index (χ4n) is 1.76. The van der Waals surface area contributed by atoms with Gasteiger partial charge in [-0.2, -0.15) is 5.10 Å². The van der Waals surface area contributed by atoms with Crippen LogP contribution in [0.5, 0.6) is 0 Å². The van der Waals surface area contributed by atoms with Gasteiger partial charge in [-0.3, -0.25) is 10.00 Å². The van der Waals surface area contributed by atoms with Gasteiger partial charge in [0, 0.05) is 23.3 Å². The summed E-state index contributed by atoms with van der Waals surface area (Å²) in [7, 11) is 0. The number of amides is 2. The molecule has 1 atom stereocenters. The van der Waals surface area contributed by atoms with Crippen LogP contribution in [0.1, 0.15) is 18.3 Å². The van der Waals surface area contributed by atoms with Crippen molar-refractivity contribution < 1.29 is 4.79 Å². The highest BCUT2D eigenvalue weighted by Crippen LogP contribution is 2.08. The van der Waals surface area contributed by atoms with Crippen LogP contribution in [0, 0.1) is 13.8 Å². The van der Waals surface area contributed by atoms with Crippen molar-refractivity contribution in [2.45, 2.75) is 33.4 Å². The number of hydrogen-bond acceptors (Lipinski definition) is 5. The number of nitrogens with zero attached hydrogens (tertiary/aromatic N) is 4. The third-order valence-electron chi connectivity index (χ3n) is 2.53. The lowest BCUT2D eigenvalue weighted by Crippen LogP contribution is -2.38. The van der Waals surface area contributed by atoms with Crippen LogP contribution in [-0.4, -0.2) is 31.4 Å². The molecule has 0 spiro atoms. The van der Waals surface area contributed by atoms with Crippen LogP contribution < -0.4 is 10.6 Å². The maximum Gasteiger partial charge on any atom is 0.320 e. The van der Waals surface area contributed by atoms with E-state index < -0.39 is 0 Å². The molecule has 2 N–H and O–H groups in total. The Kier molecular flexibility index (Phi) is 4.10. The maximum atomic E-state index is 11.7. The first-order valence-corrected chi connectivity index (χ1v) is 6.68. The summed E-state index contributed by atoms with van der Waals surface area (Å²) in [5.41, 5.74) is 2.06. The minimum Gasteiger partial charge on any atom is -0.334 e. The lowest BCUT2D eigenvalue weighted by Gasteiger charge is -2.15. The first kappa shape index (κ1) is 13.5. The van der Waals surface area contributed by atoms with E-state index in [4.69, 9.17) is 0 Å². The number of hydrogen-bond donors (Lipinski definition) is 2. The predicted molar refractivity (Wildman–Crippen MR) is 73.2 cm³/mol. The van der Waals surface area contributed by atoms with Crippen LogP contribution in [0.2, 0.25) is 0 Å². The van der Waals surface area contributed by atoms with E-state index in [-0.39, 0.29) is 12.1 Å². The smallest absolute Gasteiger partial charge is 0.320 e. The molecular formula is C11H16N6OS. The Morgan fingerprint density at radius 3 is 2.89 bits per heavy atom. The lowest BCUT2D eigenvalue weighted by atomic mass is 10.3. The average Bonchev–Trinajstić information content (AvgIpc) is 2.89. The van der Waals surface area contributed by atoms with E-state index in [0.717, 1.165) is 22.9 Å². The second-order valence-corrected chi connectivity index (χ2v) is 5.18. The van der Waals surface area contributed by atoms with E-state index in [1.165, 1.54) is 6.20 Å². The zero-order valence-electron chi connectivity index (χ0n) is 11.0. The molecule has 102 valence electrons. The van der Waals surface area contributed by atoms with Gasteiger partial charge in [0.25, 0.3) is 0 Å². The Hall–Kier alpha value is -1.96. The normalized spacial score (nSPS) is 12.2. The third kappa shape index (κ3) is 3.75. The van der Waals surface area contributed by atoms with Gasteiger partial charge in [0.2, 0.25) is 0 Å². The van der Waals surface area contributed by atoms with E-state index >= 15 is 0 Å². The first-order valence-electron chi connectivity index (χ1n) is 5.90. The Morgan fingerprint density at radius 1 is 1.53 bits per heavy atom. The monoisotopic (exact) mass is 280 g/mol. The van der Waals surface area contributed by atoms with E-state index in [1.807, 2.05) is 31.5 Å². The molecule has 2 heterocycles. The van der Waals surface area contributed by atoms with E-state index in [2.05, 4.69) is 25.3 Å².